The minimum absolute atomic E-state index is 0.00281. The molecule has 0 aliphatic rings. The number of phenols is 2. The van der Waals surface area contributed by atoms with E-state index in [9.17, 15) is 19.8 Å². The summed E-state index contributed by atoms with van der Waals surface area (Å²) in [6, 6.07) is 10.8. The Hall–Kier alpha value is -3.02. The van der Waals surface area contributed by atoms with Gasteiger partial charge in [0.05, 0.1) is 0 Å². The normalized spacial score (nSPS) is 10.4. The van der Waals surface area contributed by atoms with Gasteiger partial charge in [0, 0.05) is 38.1 Å². The fraction of sp³-hybridized carbons (Fsp3) is 0.333. The summed E-state index contributed by atoms with van der Waals surface area (Å²) in [6.07, 6.45) is 1.20. The lowest BCUT2D eigenvalue weighted by atomic mass is 9.89. The second-order valence-electron chi connectivity index (χ2n) is 6.30. The summed E-state index contributed by atoms with van der Waals surface area (Å²) in [5, 5.41) is 26.0. The van der Waals surface area contributed by atoms with E-state index in [-0.39, 0.29) is 29.7 Å². The number of carbonyl (C=O) groups is 2. The molecule has 4 N–H and O–H groups in total. The summed E-state index contributed by atoms with van der Waals surface area (Å²) >= 11 is 0. The van der Waals surface area contributed by atoms with Gasteiger partial charge in [0.25, 0.3) is 0 Å². The second kappa shape index (κ2) is 9.62. The molecule has 0 radical (unpaired) electrons. The molecule has 0 atom stereocenters. The first-order valence-electron chi connectivity index (χ1n) is 9.07. The van der Waals surface area contributed by atoms with Crippen molar-refractivity contribution in [2.24, 2.45) is 0 Å². The number of benzene rings is 2. The maximum Gasteiger partial charge on any atom is 0.220 e. The third-order valence-electron chi connectivity index (χ3n) is 4.34. The van der Waals surface area contributed by atoms with Gasteiger partial charge < -0.3 is 20.8 Å². The molecule has 0 spiro atoms. The van der Waals surface area contributed by atoms with E-state index in [2.05, 4.69) is 10.6 Å². The van der Waals surface area contributed by atoms with Crippen LogP contribution in [0.1, 0.15) is 31.4 Å². The monoisotopic (exact) mass is 370 g/mol. The lowest BCUT2D eigenvalue weighted by molar-refractivity contribution is -0.122. The lowest BCUT2D eigenvalue weighted by Gasteiger charge is -2.18. The molecule has 2 amide bonds. The number of nitrogens with one attached hydrogen (secondary N) is 2. The molecule has 27 heavy (non-hydrogen) atoms. The SMILES string of the molecule is CCc1c(O)cc(O)c(-c2ccccc2)c1CCC(=O)NCCNC(C)=O. The van der Waals surface area contributed by atoms with E-state index in [1.807, 2.05) is 37.3 Å². The van der Waals surface area contributed by atoms with Crippen molar-refractivity contribution in [3.63, 3.8) is 0 Å². The maximum absolute atomic E-state index is 12.1. The van der Waals surface area contributed by atoms with Crippen LogP contribution in [0.15, 0.2) is 36.4 Å². The molecule has 6 heteroatoms. The first-order chi connectivity index (χ1) is 12.9. The zero-order valence-corrected chi connectivity index (χ0v) is 15.7. The van der Waals surface area contributed by atoms with Crippen molar-refractivity contribution >= 4 is 11.8 Å². The van der Waals surface area contributed by atoms with Crippen molar-refractivity contribution in [1.29, 1.82) is 0 Å². The quantitative estimate of drug-likeness (QED) is 0.537. The van der Waals surface area contributed by atoms with Crippen molar-refractivity contribution in [1.82, 2.24) is 10.6 Å². The van der Waals surface area contributed by atoms with Crippen LogP contribution in [0.3, 0.4) is 0 Å². The number of amides is 2. The highest BCUT2D eigenvalue weighted by Crippen LogP contribution is 2.40. The first-order valence-corrected chi connectivity index (χ1v) is 9.07. The Kier molecular flexibility index (Phi) is 7.23. The number of hydrogen-bond donors (Lipinski definition) is 4. The van der Waals surface area contributed by atoms with Crippen molar-refractivity contribution in [3.05, 3.63) is 47.5 Å². The number of carbonyl (C=O) groups excluding carboxylic acids is 2. The van der Waals surface area contributed by atoms with Crippen LogP contribution in [0.5, 0.6) is 11.5 Å². The van der Waals surface area contributed by atoms with Gasteiger partial charge in [-0.05, 0) is 29.5 Å². The molecular formula is C21H26N2O4. The molecule has 2 aromatic carbocycles. The van der Waals surface area contributed by atoms with E-state index >= 15 is 0 Å². The molecule has 0 unspecified atom stereocenters. The van der Waals surface area contributed by atoms with Crippen LogP contribution in [0, 0.1) is 0 Å². The third-order valence-corrected chi connectivity index (χ3v) is 4.34. The number of phenolic OH excluding ortho intramolecular Hbond substituents is 2. The van der Waals surface area contributed by atoms with Crippen LogP contribution >= 0.6 is 0 Å². The van der Waals surface area contributed by atoms with E-state index in [1.54, 1.807) is 0 Å². The molecule has 0 saturated heterocycles. The highest BCUT2D eigenvalue weighted by atomic mass is 16.3. The summed E-state index contributed by atoms with van der Waals surface area (Å²) < 4.78 is 0. The van der Waals surface area contributed by atoms with Gasteiger partial charge in [-0.15, -0.1) is 0 Å². The molecule has 0 aliphatic carbocycles. The Balaban J connectivity index is 2.19. The van der Waals surface area contributed by atoms with E-state index in [0.29, 0.717) is 31.5 Å². The standard InChI is InChI=1S/C21H26N2O4/c1-3-16-17(9-10-20(27)23-12-11-22-14(2)24)21(19(26)13-18(16)25)15-7-5-4-6-8-15/h4-8,13,25-26H,3,9-12H2,1-2H3,(H,22,24)(H,23,27). The van der Waals surface area contributed by atoms with Gasteiger partial charge in [-0.2, -0.15) is 0 Å². The van der Waals surface area contributed by atoms with Gasteiger partial charge in [-0.3, -0.25) is 9.59 Å². The zero-order chi connectivity index (χ0) is 19.8. The van der Waals surface area contributed by atoms with E-state index < -0.39 is 0 Å². The topological polar surface area (TPSA) is 98.7 Å². The Bertz CT molecular complexity index is 804. The molecule has 0 saturated carbocycles. The summed E-state index contributed by atoms with van der Waals surface area (Å²) in [7, 11) is 0. The summed E-state index contributed by atoms with van der Waals surface area (Å²) in [5.41, 5.74) is 3.00. The number of aromatic hydroxyl groups is 2. The van der Waals surface area contributed by atoms with Crippen molar-refractivity contribution in [3.8, 4) is 22.6 Å². The minimum atomic E-state index is -0.149. The van der Waals surface area contributed by atoms with Crippen molar-refractivity contribution in [2.75, 3.05) is 13.1 Å². The fourth-order valence-electron chi connectivity index (χ4n) is 3.11. The Morgan fingerprint density at radius 3 is 2.26 bits per heavy atom. The lowest BCUT2D eigenvalue weighted by Crippen LogP contribution is -2.33. The molecule has 2 rings (SSSR count). The minimum Gasteiger partial charge on any atom is -0.508 e. The molecule has 0 aromatic heterocycles. The maximum atomic E-state index is 12.1. The third kappa shape index (κ3) is 5.48. The smallest absolute Gasteiger partial charge is 0.220 e. The Morgan fingerprint density at radius 1 is 0.963 bits per heavy atom. The van der Waals surface area contributed by atoms with Gasteiger partial charge in [-0.25, -0.2) is 0 Å². The van der Waals surface area contributed by atoms with Crippen LogP contribution in [0.25, 0.3) is 11.1 Å². The molecule has 0 bridgehead atoms. The predicted molar refractivity (Wildman–Crippen MR) is 105 cm³/mol. The van der Waals surface area contributed by atoms with Gasteiger partial charge in [0.1, 0.15) is 11.5 Å². The molecule has 2 aromatic rings. The van der Waals surface area contributed by atoms with Gasteiger partial charge in [0.15, 0.2) is 0 Å². The molecule has 0 aliphatic heterocycles. The molecular weight excluding hydrogens is 344 g/mol. The second-order valence-corrected chi connectivity index (χ2v) is 6.30. The zero-order valence-electron chi connectivity index (χ0n) is 15.7. The Labute approximate surface area is 159 Å². The molecule has 0 heterocycles. The molecule has 6 nitrogen and oxygen atoms in total. The van der Waals surface area contributed by atoms with Crippen LogP contribution in [0.4, 0.5) is 0 Å². The van der Waals surface area contributed by atoms with Crippen molar-refractivity contribution in [2.45, 2.75) is 33.1 Å². The van der Waals surface area contributed by atoms with E-state index in [0.717, 1.165) is 16.7 Å². The Morgan fingerprint density at radius 2 is 1.63 bits per heavy atom. The van der Waals surface area contributed by atoms with Crippen LogP contribution in [0.2, 0.25) is 0 Å². The number of hydrogen-bond acceptors (Lipinski definition) is 4. The van der Waals surface area contributed by atoms with Crippen molar-refractivity contribution < 1.29 is 19.8 Å². The van der Waals surface area contributed by atoms with E-state index in [1.165, 1.54) is 13.0 Å². The van der Waals surface area contributed by atoms with Gasteiger partial charge in [0.2, 0.25) is 11.8 Å². The van der Waals surface area contributed by atoms with E-state index in [4.69, 9.17) is 0 Å². The highest BCUT2D eigenvalue weighted by molar-refractivity contribution is 5.80. The van der Waals surface area contributed by atoms with Crippen LogP contribution in [-0.4, -0.2) is 35.1 Å². The first kappa shape index (κ1) is 20.3. The van der Waals surface area contributed by atoms with Crippen LogP contribution < -0.4 is 10.6 Å². The van der Waals surface area contributed by atoms with Gasteiger partial charge >= 0.3 is 0 Å². The van der Waals surface area contributed by atoms with Gasteiger partial charge in [-0.1, -0.05) is 37.3 Å². The highest BCUT2D eigenvalue weighted by Gasteiger charge is 2.18. The molecule has 0 fully saturated rings. The predicted octanol–water partition coefficient (Wildman–Crippen LogP) is 2.51. The number of rotatable bonds is 8. The molecule has 144 valence electrons. The summed E-state index contributed by atoms with van der Waals surface area (Å²) in [6.45, 7) is 4.09. The fourth-order valence-corrected chi connectivity index (χ4v) is 3.11. The summed E-state index contributed by atoms with van der Waals surface area (Å²) in [5.74, 6) is -0.253. The summed E-state index contributed by atoms with van der Waals surface area (Å²) in [4.78, 5) is 23.0. The average molecular weight is 370 g/mol. The largest absolute Gasteiger partial charge is 0.508 e. The average Bonchev–Trinajstić information content (AvgIpc) is 2.64. The van der Waals surface area contributed by atoms with Crippen LogP contribution in [-0.2, 0) is 22.4 Å².